The molecule has 3 aromatic rings. The number of benzene rings is 2. The van der Waals surface area contributed by atoms with Crippen molar-refractivity contribution in [2.45, 2.75) is 12.8 Å². The topological polar surface area (TPSA) is 55.1 Å². The number of halogens is 2. The van der Waals surface area contributed by atoms with Crippen LogP contribution in [0.25, 0.3) is 11.1 Å². The van der Waals surface area contributed by atoms with E-state index >= 15 is 0 Å². The Labute approximate surface area is 136 Å². The van der Waals surface area contributed by atoms with Crippen LogP contribution in [0.4, 0.5) is 14.5 Å². The van der Waals surface area contributed by atoms with Crippen molar-refractivity contribution >= 4 is 22.7 Å². The number of hydrogen-bond donors (Lipinski definition) is 1. The van der Waals surface area contributed by atoms with Crippen LogP contribution >= 0.6 is 0 Å². The number of carbonyl (C=O) groups is 1. The van der Waals surface area contributed by atoms with Crippen molar-refractivity contribution in [1.29, 1.82) is 0 Å². The fourth-order valence-corrected chi connectivity index (χ4v) is 2.33. The van der Waals surface area contributed by atoms with Gasteiger partial charge in [0.25, 0.3) is 0 Å². The van der Waals surface area contributed by atoms with Gasteiger partial charge in [-0.1, -0.05) is 18.7 Å². The minimum atomic E-state index is -0.620. The van der Waals surface area contributed by atoms with E-state index in [2.05, 4.69) is 16.9 Å². The van der Waals surface area contributed by atoms with Crippen molar-refractivity contribution in [1.82, 2.24) is 4.98 Å². The maximum Gasteiger partial charge on any atom is 0.247 e. The minimum Gasteiger partial charge on any atom is -0.441 e. The van der Waals surface area contributed by atoms with Gasteiger partial charge in [0.1, 0.15) is 11.3 Å². The Balaban J connectivity index is 1.80. The fourth-order valence-electron chi connectivity index (χ4n) is 2.33. The third-order valence-electron chi connectivity index (χ3n) is 3.48. The van der Waals surface area contributed by atoms with Crippen LogP contribution in [0.15, 0.2) is 53.5 Å². The van der Waals surface area contributed by atoms with Gasteiger partial charge >= 0.3 is 0 Å². The van der Waals surface area contributed by atoms with Crippen LogP contribution in [-0.4, -0.2) is 10.9 Å². The predicted molar refractivity (Wildman–Crippen MR) is 86.6 cm³/mol. The Bertz CT molecular complexity index is 919. The largest absolute Gasteiger partial charge is 0.441 e. The molecule has 0 aliphatic heterocycles. The molecule has 1 aromatic heterocycles. The summed E-state index contributed by atoms with van der Waals surface area (Å²) in [5.74, 6) is -1.01. The van der Waals surface area contributed by atoms with Crippen molar-refractivity contribution < 1.29 is 18.0 Å². The number of amides is 1. The summed E-state index contributed by atoms with van der Waals surface area (Å²) in [6.07, 6.45) is 2.05. The first-order valence-corrected chi connectivity index (χ1v) is 7.32. The van der Waals surface area contributed by atoms with Crippen molar-refractivity contribution in [2.24, 2.45) is 0 Å². The van der Waals surface area contributed by atoms with Crippen LogP contribution in [-0.2, 0) is 17.6 Å². The summed E-state index contributed by atoms with van der Waals surface area (Å²) in [5.41, 5.74) is 1.56. The van der Waals surface area contributed by atoms with E-state index in [9.17, 15) is 13.6 Å². The number of nitrogens with one attached hydrogen (secondary N) is 1. The van der Waals surface area contributed by atoms with Gasteiger partial charge in [0, 0.05) is 12.5 Å². The first kappa shape index (κ1) is 15.9. The molecule has 24 heavy (non-hydrogen) atoms. The fraction of sp³-hybridized carbons (Fsp3) is 0.111. The Morgan fingerprint density at radius 3 is 2.83 bits per heavy atom. The molecule has 122 valence electrons. The van der Waals surface area contributed by atoms with Gasteiger partial charge in [0.05, 0.1) is 5.69 Å². The number of oxazole rings is 1. The lowest BCUT2D eigenvalue weighted by Crippen LogP contribution is -2.08. The van der Waals surface area contributed by atoms with E-state index in [-0.39, 0.29) is 11.5 Å². The standard InChI is InChI=1S/C18H14F2N2O2/c1-2-17(23)21-14-10-15-16(9-13(14)20)24-18(22-15)7-6-11-4-3-5-12(19)8-11/h2-5,8-10H,1,6-7H2,(H,21,23). The zero-order valence-electron chi connectivity index (χ0n) is 12.7. The van der Waals surface area contributed by atoms with Crippen LogP contribution in [0.1, 0.15) is 11.5 Å². The highest BCUT2D eigenvalue weighted by Gasteiger charge is 2.12. The lowest BCUT2D eigenvalue weighted by atomic mass is 10.1. The molecule has 0 saturated heterocycles. The molecule has 0 spiro atoms. The van der Waals surface area contributed by atoms with E-state index in [1.807, 2.05) is 6.07 Å². The van der Waals surface area contributed by atoms with Crippen LogP contribution in [0.5, 0.6) is 0 Å². The monoisotopic (exact) mass is 328 g/mol. The summed E-state index contributed by atoms with van der Waals surface area (Å²) < 4.78 is 32.6. The van der Waals surface area contributed by atoms with Crippen molar-refractivity contribution in [3.63, 3.8) is 0 Å². The zero-order chi connectivity index (χ0) is 17.1. The molecule has 0 atom stereocenters. The molecule has 3 rings (SSSR count). The van der Waals surface area contributed by atoms with E-state index in [0.29, 0.717) is 29.8 Å². The number of fused-ring (bicyclic) bond motifs is 1. The number of nitrogens with zero attached hydrogens (tertiary/aromatic N) is 1. The predicted octanol–water partition coefficient (Wildman–Crippen LogP) is 4.02. The van der Waals surface area contributed by atoms with Gasteiger partial charge in [-0.3, -0.25) is 4.79 Å². The minimum absolute atomic E-state index is 0.0115. The summed E-state index contributed by atoms with van der Waals surface area (Å²) in [5, 5.41) is 2.37. The second-order valence-corrected chi connectivity index (χ2v) is 5.23. The Morgan fingerprint density at radius 1 is 1.25 bits per heavy atom. The maximum atomic E-state index is 13.9. The molecule has 0 aliphatic rings. The quantitative estimate of drug-likeness (QED) is 0.720. The van der Waals surface area contributed by atoms with Gasteiger partial charge < -0.3 is 9.73 Å². The molecule has 0 saturated carbocycles. The van der Waals surface area contributed by atoms with E-state index in [4.69, 9.17) is 4.42 Å². The molecular weight excluding hydrogens is 314 g/mol. The molecule has 1 heterocycles. The first-order valence-electron chi connectivity index (χ1n) is 7.32. The molecule has 0 fully saturated rings. The molecule has 6 heteroatoms. The number of carbonyl (C=O) groups excluding carboxylic acids is 1. The number of aromatic nitrogens is 1. The second kappa shape index (κ2) is 6.62. The number of anilines is 1. The van der Waals surface area contributed by atoms with Crippen LogP contribution in [0.2, 0.25) is 0 Å². The number of hydrogen-bond acceptors (Lipinski definition) is 3. The van der Waals surface area contributed by atoms with Gasteiger partial charge in [0.2, 0.25) is 5.91 Å². The zero-order valence-corrected chi connectivity index (χ0v) is 12.7. The van der Waals surface area contributed by atoms with E-state index in [1.165, 1.54) is 24.3 Å². The number of rotatable bonds is 5. The number of aryl methyl sites for hydroxylation is 2. The molecule has 1 N–H and O–H groups in total. The van der Waals surface area contributed by atoms with Gasteiger partial charge in [-0.2, -0.15) is 0 Å². The maximum absolute atomic E-state index is 13.9. The molecule has 0 unspecified atom stereocenters. The van der Waals surface area contributed by atoms with Crippen LogP contribution < -0.4 is 5.32 Å². The highest BCUT2D eigenvalue weighted by atomic mass is 19.1. The summed E-state index contributed by atoms with van der Waals surface area (Å²) in [4.78, 5) is 15.6. The van der Waals surface area contributed by atoms with Crippen molar-refractivity contribution in [2.75, 3.05) is 5.32 Å². The third kappa shape index (κ3) is 3.48. The van der Waals surface area contributed by atoms with Crippen LogP contribution in [0, 0.1) is 11.6 Å². The van der Waals surface area contributed by atoms with Gasteiger partial charge in [-0.05, 0) is 36.3 Å². The van der Waals surface area contributed by atoms with E-state index in [0.717, 1.165) is 11.6 Å². The van der Waals surface area contributed by atoms with E-state index in [1.54, 1.807) is 6.07 Å². The molecule has 0 aliphatic carbocycles. The summed E-state index contributed by atoms with van der Waals surface area (Å²) in [6, 6.07) is 8.86. The summed E-state index contributed by atoms with van der Waals surface area (Å²) in [6.45, 7) is 3.32. The highest BCUT2D eigenvalue weighted by Crippen LogP contribution is 2.24. The summed E-state index contributed by atoms with van der Waals surface area (Å²) in [7, 11) is 0. The Kier molecular flexibility index (Phi) is 4.37. The average molecular weight is 328 g/mol. The van der Waals surface area contributed by atoms with Crippen LogP contribution in [0.3, 0.4) is 0 Å². The van der Waals surface area contributed by atoms with Crippen molar-refractivity contribution in [3.8, 4) is 0 Å². The van der Waals surface area contributed by atoms with Crippen molar-refractivity contribution in [3.05, 3.63) is 72.1 Å². The smallest absolute Gasteiger partial charge is 0.247 e. The molecule has 4 nitrogen and oxygen atoms in total. The second-order valence-electron chi connectivity index (χ2n) is 5.23. The SMILES string of the molecule is C=CC(=O)Nc1cc2nc(CCc3cccc(F)c3)oc2cc1F. The van der Waals surface area contributed by atoms with Gasteiger partial charge in [-0.25, -0.2) is 13.8 Å². The third-order valence-corrected chi connectivity index (χ3v) is 3.48. The molecular formula is C18H14F2N2O2. The lowest BCUT2D eigenvalue weighted by molar-refractivity contribution is -0.111. The lowest BCUT2D eigenvalue weighted by Gasteiger charge is -2.02. The van der Waals surface area contributed by atoms with Gasteiger partial charge in [-0.15, -0.1) is 0 Å². The first-order chi connectivity index (χ1) is 11.5. The Morgan fingerprint density at radius 2 is 2.08 bits per heavy atom. The summed E-state index contributed by atoms with van der Waals surface area (Å²) >= 11 is 0. The van der Waals surface area contributed by atoms with E-state index < -0.39 is 11.7 Å². The van der Waals surface area contributed by atoms with Gasteiger partial charge in [0.15, 0.2) is 17.3 Å². The molecule has 2 aromatic carbocycles. The molecule has 1 amide bonds. The molecule has 0 bridgehead atoms. The molecule has 0 radical (unpaired) electrons. The highest BCUT2D eigenvalue weighted by molar-refractivity contribution is 6.00. The normalized spacial score (nSPS) is 10.8. The Hall–Kier alpha value is -3.02. The average Bonchev–Trinajstić information content (AvgIpc) is 2.95.